The van der Waals surface area contributed by atoms with Crippen molar-refractivity contribution in [2.24, 2.45) is 0 Å². The van der Waals surface area contributed by atoms with Crippen LogP contribution in [0, 0.1) is 17.5 Å². The molecule has 1 atom stereocenters. The van der Waals surface area contributed by atoms with E-state index < -0.39 is 11.6 Å². The van der Waals surface area contributed by atoms with Crippen molar-refractivity contribution in [2.45, 2.75) is 19.9 Å². The van der Waals surface area contributed by atoms with Gasteiger partial charge in [-0.25, -0.2) is 13.2 Å². The Labute approximate surface area is 121 Å². The topological polar surface area (TPSA) is 21.3 Å². The summed E-state index contributed by atoms with van der Waals surface area (Å²) < 4.78 is 45.1. The third-order valence-corrected chi connectivity index (χ3v) is 3.07. The Bertz CT molecular complexity index is 631. The largest absolute Gasteiger partial charge is 0.457 e. The number of hydrogen-bond donors (Lipinski definition) is 1. The van der Waals surface area contributed by atoms with Gasteiger partial charge in [0.15, 0.2) is 11.6 Å². The van der Waals surface area contributed by atoms with Crippen molar-refractivity contribution in [3.63, 3.8) is 0 Å². The first-order valence-electron chi connectivity index (χ1n) is 6.67. The third-order valence-electron chi connectivity index (χ3n) is 3.07. The van der Waals surface area contributed by atoms with E-state index in [4.69, 9.17) is 4.74 Å². The summed E-state index contributed by atoms with van der Waals surface area (Å²) in [5.41, 5.74) is 0.613. The molecule has 0 aliphatic heterocycles. The summed E-state index contributed by atoms with van der Waals surface area (Å²) in [6, 6.07) is 7.23. The summed E-state index contributed by atoms with van der Waals surface area (Å²) in [6.45, 7) is 4.52. The molecule has 0 spiro atoms. The highest BCUT2D eigenvalue weighted by atomic mass is 19.2. The van der Waals surface area contributed by atoms with Crippen LogP contribution in [0.5, 0.6) is 11.5 Å². The van der Waals surface area contributed by atoms with E-state index in [1.807, 2.05) is 13.8 Å². The fraction of sp³-hybridized carbons (Fsp3) is 0.250. The third kappa shape index (κ3) is 3.76. The summed E-state index contributed by atoms with van der Waals surface area (Å²) in [5, 5.41) is 3.15. The number of ether oxygens (including phenoxy) is 1. The first kappa shape index (κ1) is 15.4. The lowest BCUT2D eigenvalue weighted by atomic mass is 10.1. The van der Waals surface area contributed by atoms with Crippen LogP contribution in [0.3, 0.4) is 0 Å². The molecule has 2 rings (SSSR count). The lowest BCUT2D eigenvalue weighted by Crippen LogP contribution is -2.18. The second-order valence-corrected chi connectivity index (χ2v) is 4.64. The van der Waals surface area contributed by atoms with Crippen molar-refractivity contribution in [1.29, 1.82) is 0 Å². The molecule has 0 amide bonds. The summed E-state index contributed by atoms with van der Waals surface area (Å²) in [4.78, 5) is 0. The fourth-order valence-corrected chi connectivity index (χ4v) is 2.03. The maximum Gasteiger partial charge on any atom is 0.162 e. The maximum absolute atomic E-state index is 13.4. The molecule has 1 unspecified atom stereocenters. The molecule has 2 nitrogen and oxygen atoms in total. The molecule has 0 aromatic heterocycles. The van der Waals surface area contributed by atoms with E-state index in [9.17, 15) is 13.2 Å². The molecule has 0 saturated heterocycles. The van der Waals surface area contributed by atoms with Gasteiger partial charge in [-0.05, 0) is 43.8 Å². The van der Waals surface area contributed by atoms with Gasteiger partial charge in [-0.1, -0.05) is 6.92 Å². The molecule has 0 saturated carbocycles. The molecule has 0 aliphatic carbocycles. The molecule has 0 bridgehead atoms. The molecule has 0 radical (unpaired) electrons. The molecule has 5 heteroatoms. The summed E-state index contributed by atoms with van der Waals surface area (Å²) in [7, 11) is 0. The average molecular weight is 295 g/mol. The molecule has 0 fully saturated rings. The van der Waals surface area contributed by atoms with Gasteiger partial charge in [-0.3, -0.25) is 0 Å². The Hall–Kier alpha value is -2.01. The number of rotatable bonds is 5. The molecular formula is C16H16F3NO. The van der Waals surface area contributed by atoms with Gasteiger partial charge in [0.1, 0.15) is 17.3 Å². The summed E-state index contributed by atoms with van der Waals surface area (Å²) in [5.74, 6) is -1.76. The highest BCUT2D eigenvalue weighted by molar-refractivity contribution is 5.40. The molecule has 0 aliphatic rings. The van der Waals surface area contributed by atoms with Crippen LogP contribution in [0.15, 0.2) is 36.4 Å². The van der Waals surface area contributed by atoms with E-state index in [1.165, 1.54) is 24.3 Å². The van der Waals surface area contributed by atoms with Crippen LogP contribution in [0.1, 0.15) is 25.5 Å². The van der Waals surface area contributed by atoms with Crippen LogP contribution >= 0.6 is 0 Å². The number of halogens is 3. The van der Waals surface area contributed by atoms with Gasteiger partial charge >= 0.3 is 0 Å². The lowest BCUT2D eigenvalue weighted by molar-refractivity contribution is 0.446. The van der Waals surface area contributed by atoms with Crippen molar-refractivity contribution in [3.05, 3.63) is 59.4 Å². The van der Waals surface area contributed by atoms with E-state index in [-0.39, 0.29) is 17.6 Å². The first-order valence-corrected chi connectivity index (χ1v) is 6.67. The molecule has 1 N–H and O–H groups in total. The SMILES string of the molecule is CCNC(C)c1cc(F)ccc1Oc1ccc(F)c(F)c1. The standard InChI is InChI=1S/C16H16F3NO/c1-3-20-10(2)13-8-11(17)4-7-16(13)21-12-5-6-14(18)15(19)9-12/h4-10,20H,3H2,1-2H3. The zero-order valence-corrected chi connectivity index (χ0v) is 11.8. The summed E-state index contributed by atoms with van der Waals surface area (Å²) in [6.07, 6.45) is 0. The van der Waals surface area contributed by atoms with Gasteiger partial charge in [0.25, 0.3) is 0 Å². The maximum atomic E-state index is 13.4. The van der Waals surface area contributed by atoms with Crippen molar-refractivity contribution in [2.75, 3.05) is 6.54 Å². The van der Waals surface area contributed by atoms with Crippen molar-refractivity contribution >= 4 is 0 Å². The smallest absolute Gasteiger partial charge is 0.162 e. The Balaban J connectivity index is 2.32. The Morgan fingerprint density at radius 1 is 1.05 bits per heavy atom. The molecular weight excluding hydrogens is 279 g/mol. The second kappa shape index (κ2) is 6.63. The molecule has 2 aromatic rings. The molecule has 112 valence electrons. The Kier molecular flexibility index (Phi) is 4.85. The summed E-state index contributed by atoms with van der Waals surface area (Å²) >= 11 is 0. The van der Waals surface area contributed by atoms with Gasteiger partial charge in [-0.2, -0.15) is 0 Å². The predicted octanol–water partition coefficient (Wildman–Crippen LogP) is 4.57. The normalized spacial score (nSPS) is 12.2. The average Bonchev–Trinajstić information content (AvgIpc) is 2.45. The van der Waals surface area contributed by atoms with E-state index in [2.05, 4.69) is 5.32 Å². The van der Waals surface area contributed by atoms with Crippen LogP contribution in [0.25, 0.3) is 0 Å². The first-order chi connectivity index (χ1) is 10.0. The van der Waals surface area contributed by atoms with Crippen LogP contribution < -0.4 is 10.1 Å². The van der Waals surface area contributed by atoms with Crippen molar-refractivity contribution < 1.29 is 17.9 Å². The Morgan fingerprint density at radius 2 is 1.81 bits per heavy atom. The quantitative estimate of drug-likeness (QED) is 0.872. The van der Waals surface area contributed by atoms with Crippen LogP contribution in [-0.2, 0) is 0 Å². The lowest BCUT2D eigenvalue weighted by Gasteiger charge is -2.17. The van der Waals surface area contributed by atoms with Gasteiger partial charge in [0.2, 0.25) is 0 Å². The van der Waals surface area contributed by atoms with Crippen LogP contribution in [0.4, 0.5) is 13.2 Å². The number of hydrogen-bond acceptors (Lipinski definition) is 2. The van der Waals surface area contributed by atoms with Gasteiger partial charge in [-0.15, -0.1) is 0 Å². The van der Waals surface area contributed by atoms with Gasteiger partial charge in [0.05, 0.1) is 0 Å². The highest BCUT2D eigenvalue weighted by Gasteiger charge is 2.13. The number of benzene rings is 2. The van der Waals surface area contributed by atoms with Crippen molar-refractivity contribution in [1.82, 2.24) is 5.32 Å². The Morgan fingerprint density at radius 3 is 2.48 bits per heavy atom. The number of nitrogens with one attached hydrogen (secondary N) is 1. The molecule has 2 aromatic carbocycles. The minimum atomic E-state index is -0.990. The zero-order valence-electron chi connectivity index (χ0n) is 11.8. The predicted molar refractivity (Wildman–Crippen MR) is 74.9 cm³/mol. The molecule has 21 heavy (non-hydrogen) atoms. The minimum Gasteiger partial charge on any atom is -0.457 e. The van der Waals surface area contributed by atoms with Crippen LogP contribution in [-0.4, -0.2) is 6.54 Å². The van der Waals surface area contributed by atoms with Gasteiger partial charge < -0.3 is 10.1 Å². The fourth-order valence-electron chi connectivity index (χ4n) is 2.03. The zero-order chi connectivity index (χ0) is 15.4. The van der Waals surface area contributed by atoms with E-state index in [0.717, 1.165) is 12.1 Å². The van der Waals surface area contributed by atoms with E-state index in [1.54, 1.807) is 0 Å². The second-order valence-electron chi connectivity index (χ2n) is 4.64. The van der Waals surface area contributed by atoms with E-state index >= 15 is 0 Å². The minimum absolute atomic E-state index is 0.133. The van der Waals surface area contributed by atoms with Crippen molar-refractivity contribution in [3.8, 4) is 11.5 Å². The van der Waals surface area contributed by atoms with E-state index in [0.29, 0.717) is 17.9 Å². The van der Waals surface area contributed by atoms with Gasteiger partial charge in [0, 0.05) is 17.7 Å². The highest BCUT2D eigenvalue weighted by Crippen LogP contribution is 2.31. The monoisotopic (exact) mass is 295 g/mol. The molecule has 0 heterocycles. The van der Waals surface area contributed by atoms with Crippen LogP contribution in [0.2, 0.25) is 0 Å².